The van der Waals surface area contributed by atoms with Gasteiger partial charge in [-0.1, -0.05) is 0 Å². The number of rotatable bonds is 8. The van der Waals surface area contributed by atoms with Crippen molar-refractivity contribution in [2.24, 2.45) is 5.84 Å². The van der Waals surface area contributed by atoms with E-state index in [0.29, 0.717) is 17.5 Å². The van der Waals surface area contributed by atoms with Gasteiger partial charge in [0.05, 0.1) is 5.75 Å². The van der Waals surface area contributed by atoms with Gasteiger partial charge < -0.3 is 15.5 Å². The molecule has 0 saturated heterocycles. The third-order valence-electron chi connectivity index (χ3n) is 2.18. The van der Waals surface area contributed by atoms with Crippen LogP contribution in [0.4, 0.5) is 11.6 Å². The van der Waals surface area contributed by atoms with Crippen LogP contribution in [0.5, 0.6) is 0 Å². The zero-order valence-electron chi connectivity index (χ0n) is 10.8. The Hall–Kier alpha value is -1.49. The van der Waals surface area contributed by atoms with Gasteiger partial charge in [-0.05, 0) is 7.05 Å². The fourth-order valence-electron chi connectivity index (χ4n) is 1.27. The molecule has 10 heteroatoms. The molecule has 0 aliphatic heterocycles. The summed E-state index contributed by atoms with van der Waals surface area (Å²) in [6.07, 6.45) is 0. The highest BCUT2D eigenvalue weighted by Crippen LogP contribution is 2.10. The zero-order valence-corrected chi connectivity index (χ0v) is 11.6. The first-order valence-corrected chi connectivity index (χ1v) is 7.14. The molecule has 0 spiro atoms. The first-order chi connectivity index (χ1) is 9.00. The van der Waals surface area contributed by atoms with E-state index >= 15 is 0 Å². The summed E-state index contributed by atoms with van der Waals surface area (Å²) >= 11 is 0. The number of hydrogen-bond acceptors (Lipinski definition) is 8. The standard InChI is InChI=1S/C9H18N6O3S/c1-11-19(16,17)4-3-12-7-5-8(15-10)14-9(13-7)6-18-2/h5,11H,3-4,6,10H2,1-2H3,(H2,12,13,14,15). The number of hydrazine groups is 1. The minimum Gasteiger partial charge on any atom is -0.377 e. The zero-order chi connectivity index (χ0) is 14.3. The van der Waals surface area contributed by atoms with E-state index in [1.54, 1.807) is 6.07 Å². The molecule has 1 aromatic rings. The Labute approximate surface area is 112 Å². The number of anilines is 2. The van der Waals surface area contributed by atoms with E-state index in [0.717, 1.165) is 0 Å². The molecule has 0 fully saturated rings. The molecule has 0 aromatic carbocycles. The van der Waals surface area contributed by atoms with Crippen molar-refractivity contribution in [1.29, 1.82) is 0 Å². The van der Waals surface area contributed by atoms with Crippen LogP contribution in [0.3, 0.4) is 0 Å². The Morgan fingerprint density at radius 1 is 1.37 bits per heavy atom. The minimum absolute atomic E-state index is 0.0570. The van der Waals surface area contributed by atoms with Crippen LogP contribution in [0.2, 0.25) is 0 Å². The topological polar surface area (TPSA) is 131 Å². The van der Waals surface area contributed by atoms with Gasteiger partial charge in [-0.25, -0.2) is 29.0 Å². The molecule has 0 saturated carbocycles. The van der Waals surface area contributed by atoms with Crippen LogP contribution in [0.25, 0.3) is 0 Å². The van der Waals surface area contributed by atoms with Crippen LogP contribution in [0, 0.1) is 0 Å². The molecule has 108 valence electrons. The van der Waals surface area contributed by atoms with Gasteiger partial charge in [-0.3, -0.25) is 0 Å². The summed E-state index contributed by atoms with van der Waals surface area (Å²) < 4.78 is 29.7. The Balaban J connectivity index is 2.69. The molecule has 9 nitrogen and oxygen atoms in total. The van der Waals surface area contributed by atoms with Crippen molar-refractivity contribution in [1.82, 2.24) is 14.7 Å². The molecule has 5 N–H and O–H groups in total. The Bertz CT molecular complexity index is 507. The maximum Gasteiger partial charge on any atom is 0.213 e. The summed E-state index contributed by atoms with van der Waals surface area (Å²) in [6.45, 7) is 0.454. The number of aromatic nitrogens is 2. The van der Waals surface area contributed by atoms with Crippen LogP contribution in [-0.2, 0) is 21.4 Å². The highest BCUT2D eigenvalue weighted by Gasteiger charge is 2.08. The number of ether oxygens (including phenoxy) is 1. The fourth-order valence-corrected chi connectivity index (χ4v) is 1.85. The van der Waals surface area contributed by atoms with Crippen molar-refractivity contribution in [3.05, 3.63) is 11.9 Å². The number of nitrogen functional groups attached to an aromatic ring is 1. The summed E-state index contributed by atoms with van der Waals surface area (Å²) in [4.78, 5) is 8.23. The van der Waals surface area contributed by atoms with E-state index < -0.39 is 10.0 Å². The van der Waals surface area contributed by atoms with E-state index in [-0.39, 0.29) is 18.9 Å². The summed E-state index contributed by atoms with van der Waals surface area (Å²) in [7, 11) is -0.352. The molecule has 19 heavy (non-hydrogen) atoms. The van der Waals surface area contributed by atoms with Gasteiger partial charge in [0.25, 0.3) is 0 Å². The average molecular weight is 290 g/mol. The smallest absolute Gasteiger partial charge is 0.213 e. The van der Waals surface area contributed by atoms with Crippen LogP contribution < -0.4 is 21.3 Å². The molecule has 0 radical (unpaired) electrons. The number of nitrogens with zero attached hydrogens (tertiary/aromatic N) is 2. The Morgan fingerprint density at radius 3 is 2.63 bits per heavy atom. The second kappa shape index (κ2) is 7.19. The first kappa shape index (κ1) is 15.6. The average Bonchev–Trinajstić information content (AvgIpc) is 2.38. The lowest BCUT2D eigenvalue weighted by Crippen LogP contribution is -2.26. The fraction of sp³-hybridized carbons (Fsp3) is 0.556. The van der Waals surface area contributed by atoms with E-state index in [1.165, 1.54) is 14.2 Å². The van der Waals surface area contributed by atoms with Gasteiger partial charge >= 0.3 is 0 Å². The van der Waals surface area contributed by atoms with Crippen LogP contribution in [0.15, 0.2) is 6.07 Å². The van der Waals surface area contributed by atoms with Crippen LogP contribution in [-0.4, -0.2) is 44.8 Å². The van der Waals surface area contributed by atoms with Gasteiger partial charge in [-0.2, -0.15) is 0 Å². The number of hydrogen-bond donors (Lipinski definition) is 4. The minimum atomic E-state index is -3.25. The summed E-state index contributed by atoms with van der Waals surface area (Å²) in [5.74, 6) is 6.56. The van der Waals surface area contributed by atoms with Crippen molar-refractivity contribution in [3.8, 4) is 0 Å². The molecule has 1 heterocycles. The number of methoxy groups -OCH3 is 1. The number of nitrogens with one attached hydrogen (secondary N) is 3. The van der Waals surface area contributed by atoms with Crippen molar-refractivity contribution in [2.45, 2.75) is 6.61 Å². The van der Waals surface area contributed by atoms with E-state index in [4.69, 9.17) is 10.6 Å². The normalized spacial score (nSPS) is 11.3. The molecule has 1 rings (SSSR count). The van der Waals surface area contributed by atoms with E-state index in [1.807, 2.05) is 0 Å². The molecule has 0 aliphatic carbocycles. The number of sulfonamides is 1. The van der Waals surface area contributed by atoms with Crippen molar-refractivity contribution in [2.75, 3.05) is 37.2 Å². The SMILES string of the molecule is CNS(=O)(=O)CCNc1cc(NN)nc(COC)n1. The lowest BCUT2D eigenvalue weighted by atomic mass is 10.5. The van der Waals surface area contributed by atoms with E-state index in [9.17, 15) is 8.42 Å². The second-order valence-electron chi connectivity index (χ2n) is 3.58. The lowest BCUT2D eigenvalue weighted by molar-refractivity contribution is 0.178. The van der Waals surface area contributed by atoms with Crippen molar-refractivity contribution < 1.29 is 13.2 Å². The number of nitrogens with two attached hydrogens (primary N) is 1. The summed E-state index contributed by atoms with van der Waals surface area (Å²) in [5, 5.41) is 2.89. The predicted molar refractivity (Wildman–Crippen MR) is 71.9 cm³/mol. The Kier molecular flexibility index (Phi) is 5.89. The Morgan fingerprint density at radius 2 is 2.05 bits per heavy atom. The maximum atomic E-state index is 11.2. The predicted octanol–water partition coefficient (Wildman–Crippen LogP) is -1.13. The van der Waals surface area contributed by atoms with Crippen molar-refractivity contribution in [3.63, 3.8) is 0 Å². The molecular formula is C9H18N6O3S. The van der Waals surface area contributed by atoms with Crippen LogP contribution >= 0.6 is 0 Å². The molecule has 0 unspecified atom stereocenters. The van der Waals surface area contributed by atoms with Gasteiger partial charge in [-0.15, -0.1) is 0 Å². The maximum absolute atomic E-state index is 11.2. The molecule has 0 amide bonds. The van der Waals surface area contributed by atoms with Gasteiger partial charge in [0.2, 0.25) is 10.0 Å². The summed E-state index contributed by atoms with van der Waals surface area (Å²) in [5.41, 5.74) is 2.41. The van der Waals surface area contributed by atoms with Gasteiger partial charge in [0, 0.05) is 19.7 Å². The largest absolute Gasteiger partial charge is 0.377 e. The van der Waals surface area contributed by atoms with Gasteiger partial charge in [0.15, 0.2) is 5.82 Å². The van der Waals surface area contributed by atoms with Gasteiger partial charge in [0.1, 0.15) is 18.2 Å². The molecular weight excluding hydrogens is 272 g/mol. The highest BCUT2D eigenvalue weighted by atomic mass is 32.2. The first-order valence-electron chi connectivity index (χ1n) is 5.49. The van der Waals surface area contributed by atoms with Crippen LogP contribution in [0.1, 0.15) is 5.82 Å². The molecule has 1 aromatic heterocycles. The molecule has 0 atom stereocenters. The summed E-state index contributed by atoms with van der Waals surface area (Å²) in [6, 6.07) is 1.57. The highest BCUT2D eigenvalue weighted by molar-refractivity contribution is 7.89. The monoisotopic (exact) mass is 290 g/mol. The lowest BCUT2D eigenvalue weighted by Gasteiger charge is -2.09. The molecule has 0 aliphatic rings. The third-order valence-corrected chi connectivity index (χ3v) is 3.55. The van der Waals surface area contributed by atoms with E-state index in [2.05, 4.69) is 25.4 Å². The third kappa shape index (κ3) is 5.34. The quantitative estimate of drug-likeness (QED) is 0.349. The molecule has 0 bridgehead atoms. The second-order valence-corrected chi connectivity index (χ2v) is 5.63. The van der Waals surface area contributed by atoms with Crippen molar-refractivity contribution >= 4 is 21.7 Å².